The first kappa shape index (κ1) is 14.9. The zero-order valence-corrected chi connectivity index (χ0v) is 13.0. The summed E-state index contributed by atoms with van der Waals surface area (Å²) in [5.41, 5.74) is 0.780. The standard InChI is InChI=1S/C16H17ClN2O3/c1-10-6-8-19(9-7-10)15-13(16(20)21)14(22-18-15)11-2-4-12(17)5-3-11/h2-5,10H,6-9H2,1H3,(H,20,21). The van der Waals surface area contributed by atoms with E-state index in [0.29, 0.717) is 22.3 Å². The molecule has 6 heteroatoms. The fraction of sp³-hybridized carbons (Fsp3) is 0.375. The van der Waals surface area contributed by atoms with Crippen molar-refractivity contribution in [3.05, 3.63) is 34.9 Å². The molecule has 0 atom stereocenters. The van der Waals surface area contributed by atoms with Crippen molar-refractivity contribution in [1.82, 2.24) is 5.16 Å². The molecule has 2 aromatic rings. The number of rotatable bonds is 3. The number of hydrogen-bond acceptors (Lipinski definition) is 4. The molecule has 22 heavy (non-hydrogen) atoms. The number of halogens is 1. The molecule has 1 aliphatic heterocycles. The van der Waals surface area contributed by atoms with E-state index in [1.165, 1.54) is 0 Å². The van der Waals surface area contributed by atoms with Gasteiger partial charge in [-0.25, -0.2) is 4.79 Å². The van der Waals surface area contributed by atoms with Crippen LogP contribution in [0.5, 0.6) is 0 Å². The molecular weight excluding hydrogens is 304 g/mol. The van der Waals surface area contributed by atoms with Crippen LogP contribution in [0.3, 0.4) is 0 Å². The van der Waals surface area contributed by atoms with Crippen molar-refractivity contribution >= 4 is 23.4 Å². The number of aromatic nitrogens is 1. The largest absolute Gasteiger partial charge is 0.477 e. The molecule has 0 bridgehead atoms. The van der Waals surface area contributed by atoms with Gasteiger partial charge in [0.15, 0.2) is 17.1 Å². The number of carbonyl (C=O) groups is 1. The lowest BCUT2D eigenvalue weighted by atomic mass is 9.99. The minimum atomic E-state index is -1.03. The van der Waals surface area contributed by atoms with Crippen molar-refractivity contribution in [2.45, 2.75) is 19.8 Å². The summed E-state index contributed by atoms with van der Waals surface area (Å²) in [6, 6.07) is 6.87. The number of anilines is 1. The van der Waals surface area contributed by atoms with Crippen LogP contribution >= 0.6 is 11.6 Å². The lowest BCUT2D eigenvalue weighted by Crippen LogP contribution is -2.34. The summed E-state index contributed by atoms with van der Waals surface area (Å²) in [5, 5.41) is 14.2. The lowest BCUT2D eigenvalue weighted by molar-refractivity contribution is 0.0697. The number of carboxylic acid groups (broad SMARTS) is 1. The summed E-state index contributed by atoms with van der Waals surface area (Å²) >= 11 is 5.87. The third-order valence-electron chi connectivity index (χ3n) is 4.08. The Morgan fingerprint density at radius 3 is 2.55 bits per heavy atom. The maximum absolute atomic E-state index is 11.7. The van der Waals surface area contributed by atoms with Gasteiger partial charge in [-0.1, -0.05) is 23.7 Å². The molecule has 0 radical (unpaired) electrons. The number of piperidine rings is 1. The van der Waals surface area contributed by atoms with Gasteiger partial charge in [-0.05, 0) is 43.0 Å². The predicted molar refractivity (Wildman–Crippen MR) is 84.5 cm³/mol. The Labute approximate surface area is 133 Å². The monoisotopic (exact) mass is 320 g/mol. The minimum absolute atomic E-state index is 0.122. The van der Waals surface area contributed by atoms with Crippen molar-refractivity contribution in [3.8, 4) is 11.3 Å². The molecule has 0 amide bonds. The number of benzene rings is 1. The van der Waals surface area contributed by atoms with Crippen LogP contribution in [0.2, 0.25) is 5.02 Å². The molecule has 1 aliphatic rings. The van der Waals surface area contributed by atoms with Crippen LogP contribution in [0.1, 0.15) is 30.1 Å². The van der Waals surface area contributed by atoms with E-state index in [1.54, 1.807) is 24.3 Å². The SMILES string of the molecule is CC1CCN(c2noc(-c3ccc(Cl)cc3)c2C(=O)O)CC1. The van der Waals surface area contributed by atoms with Gasteiger partial charge in [0.1, 0.15) is 0 Å². The summed E-state index contributed by atoms with van der Waals surface area (Å²) in [4.78, 5) is 13.7. The second-order valence-electron chi connectivity index (χ2n) is 5.69. The van der Waals surface area contributed by atoms with E-state index in [4.69, 9.17) is 16.1 Å². The van der Waals surface area contributed by atoms with Crippen LogP contribution < -0.4 is 4.90 Å². The van der Waals surface area contributed by atoms with Gasteiger partial charge in [0, 0.05) is 23.7 Å². The van der Waals surface area contributed by atoms with Gasteiger partial charge < -0.3 is 14.5 Å². The Kier molecular flexibility index (Phi) is 4.07. The molecule has 1 aromatic heterocycles. The van der Waals surface area contributed by atoms with Crippen LogP contribution in [0.4, 0.5) is 5.82 Å². The predicted octanol–water partition coefficient (Wildman–Crippen LogP) is 3.93. The van der Waals surface area contributed by atoms with E-state index in [0.717, 1.165) is 25.9 Å². The zero-order valence-electron chi connectivity index (χ0n) is 12.3. The van der Waals surface area contributed by atoms with Crippen LogP contribution in [0, 0.1) is 5.92 Å². The van der Waals surface area contributed by atoms with Crippen molar-refractivity contribution in [3.63, 3.8) is 0 Å². The normalized spacial score (nSPS) is 16.0. The van der Waals surface area contributed by atoms with Gasteiger partial charge in [-0.2, -0.15) is 0 Å². The van der Waals surface area contributed by atoms with Crippen molar-refractivity contribution in [2.24, 2.45) is 5.92 Å². The van der Waals surface area contributed by atoms with Crippen molar-refractivity contribution in [1.29, 1.82) is 0 Å². The molecule has 0 unspecified atom stereocenters. The van der Waals surface area contributed by atoms with Gasteiger partial charge in [0.25, 0.3) is 0 Å². The summed E-state index contributed by atoms with van der Waals surface area (Å²) < 4.78 is 5.35. The molecule has 0 spiro atoms. The Morgan fingerprint density at radius 2 is 1.95 bits per heavy atom. The molecule has 1 fully saturated rings. The zero-order chi connectivity index (χ0) is 15.7. The number of hydrogen-bond donors (Lipinski definition) is 1. The fourth-order valence-electron chi connectivity index (χ4n) is 2.71. The number of aromatic carboxylic acids is 1. The van der Waals surface area contributed by atoms with E-state index in [1.807, 2.05) is 4.90 Å². The van der Waals surface area contributed by atoms with Crippen molar-refractivity contribution in [2.75, 3.05) is 18.0 Å². The molecule has 5 nitrogen and oxygen atoms in total. The van der Waals surface area contributed by atoms with Gasteiger partial charge in [-0.3, -0.25) is 0 Å². The smallest absolute Gasteiger partial charge is 0.343 e. The van der Waals surface area contributed by atoms with Crippen LogP contribution in [0.25, 0.3) is 11.3 Å². The topological polar surface area (TPSA) is 66.6 Å². The van der Waals surface area contributed by atoms with E-state index in [9.17, 15) is 9.90 Å². The Morgan fingerprint density at radius 1 is 1.32 bits per heavy atom. The molecule has 116 valence electrons. The third kappa shape index (κ3) is 2.81. The second-order valence-corrected chi connectivity index (χ2v) is 6.13. The average Bonchev–Trinajstić information content (AvgIpc) is 2.94. The Bertz CT molecular complexity index is 673. The van der Waals surface area contributed by atoms with Crippen LogP contribution in [-0.2, 0) is 0 Å². The second kappa shape index (κ2) is 6.01. The maximum Gasteiger partial charge on any atom is 0.343 e. The summed E-state index contributed by atoms with van der Waals surface area (Å²) in [6.45, 7) is 3.81. The van der Waals surface area contributed by atoms with E-state index in [-0.39, 0.29) is 11.3 Å². The first-order valence-electron chi connectivity index (χ1n) is 7.30. The highest BCUT2D eigenvalue weighted by Gasteiger charge is 2.29. The highest BCUT2D eigenvalue weighted by molar-refractivity contribution is 6.30. The van der Waals surface area contributed by atoms with Crippen LogP contribution in [-0.4, -0.2) is 29.3 Å². The summed E-state index contributed by atoms with van der Waals surface area (Å²) in [6.07, 6.45) is 2.06. The van der Waals surface area contributed by atoms with Crippen LogP contribution in [0.15, 0.2) is 28.8 Å². The summed E-state index contributed by atoms with van der Waals surface area (Å²) in [7, 11) is 0. The molecule has 0 saturated carbocycles. The summed E-state index contributed by atoms with van der Waals surface area (Å²) in [5.74, 6) is 0.328. The highest BCUT2D eigenvalue weighted by Crippen LogP contribution is 2.33. The maximum atomic E-state index is 11.7. The first-order chi connectivity index (χ1) is 10.6. The van der Waals surface area contributed by atoms with Gasteiger partial charge in [0.05, 0.1) is 0 Å². The first-order valence-corrected chi connectivity index (χ1v) is 7.68. The number of carboxylic acids is 1. The van der Waals surface area contributed by atoms with E-state index >= 15 is 0 Å². The van der Waals surface area contributed by atoms with Gasteiger partial charge in [-0.15, -0.1) is 0 Å². The lowest BCUT2D eigenvalue weighted by Gasteiger charge is -2.30. The quantitative estimate of drug-likeness (QED) is 0.928. The highest BCUT2D eigenvalue weighted by atomic mass is 35.5. The van der Waals surface area contributed by atoms with Gasteiger partial charge >= 0.3 is 5.97 Å². The molecule has 2 heterocycles. The molecule has 3 rings (SSSR count). The molecule has 1 N–H and O–H groups in total. The Balaban J connectivity index is 1.99. The van der Waals surface area contributed by atoms with Crippen molar-refractivity contribution < 1.29 is 14.4 Å². The Hall–Kier alpha value is -2.01. The van der Waals surface area contributed by atoms with E-state index < -0.39 is 5.97 Å². The third-order valence-corrected chi connectivity index (χ3v) is 4.33. The molecule has 1 aromatic carbocycles. The average molecular weight is 321 g/mol. The number of nitrogens with zero attached hydrogens (tertiary/aromatic N) is 2. The molecule has 0 aliphatic carbocycles. The molecule has 1 saturated heterocycles. The van der Waals surface area contributed by atoms with Gasteiger partial charge in [0.2, 0.25) is 0 Å². The fourth-order valence-corrected chi connectivity index (χ4v) is 2.84. The molecular formula is C16H17ClN2O3. The minimum Gasteiger partial charge on any atom is -0.477 e. The van der Waals surface area contributed by atoms with E-state index in [2.05, 4.69) is 12.1 Å².